The van der Waals surface area contributed by atoms with Crippen molar-refractivity contribution in [1.29, 1.82) is 0 Å². The summed E-state index contributed by atoms with van der Waals surface area (Å²) in [5.74, 6) is -0.392. The highest BCUT2D eigenvalue weighted by molar-refractivity contribution is 7.89. The Morgan fingerprint density at radius 1 is 1.12 bits per heavy atom. The maximum Gasteiger partial charge on any atom is 0.238 e. The van der Waals surface area contributed by atoms with E-state index >= 15 is 0 Å². The van der Waals surface area contributed by atoms with Crippen LogP contribution in [0.5, 0.6) is 0 Å². The molecule has 0 amide bonds. The Hall–Kier alpha value is -1.72. The molecule has 0 unspecified atom stereocenters. The molecule has 17 heavy (non-hydrogen) atoms. The minimum atomic E-state index is -3.79. The summed E-state index contributed by atoms with van der Waals surface area (Å²) < 4.78 is 35.3. The van der Waals surface area contributed by atoms with Crippen molar-refractivity contribution in [2.24, 2.45) is 5.14 Å². The minimum Gasteiger partial charge on any atom is -0.225 e. The molecule has 2 aromatic carbocycles. The van der Waals surface area contributed by atoms with E-state index in [4.69, 9.17) is 5.14 Å². The number of rotatable bonds is 2. The van der Waals surface area contributed by atoms with Crippen molar-refractivity contribution < 1.29 is 12.8 Å². The Balaban J connectivity index is 2.54. The Labute approximate surface area is 98.8 Å². The van der Waals surface area contributed by atoms with Crippen molar-refractivity contribution in [2.45, 2.75) is 4.90 Å². The van der Waals surface area contributed by atoms with Gasteiger partial charge in [0.1, 0.15) is 5.82 Å². The number of sulfonamides is 1. The van der Waals surface area contributed by atoms with Crippen LogP contribution in [0.25, 0.3) is 11.1 Å². The number of nitrogens with two attached hydrogens (primary N) is 1. The highest BCUT2D eigenvalue weighted by Crippen LogP contribution is 2.21. The van der Waals surface area contributed by atoms with Crippen LogP contribution in [-0.4, -0.2) is 8.42 Å². The molecule has 5 heteroatoms. The van der Waals surface area contributed by atoms with Gasteiger partial charge < -0.3 is 0 Å². The first kappa shape index (κ1) is 11.8. The largest absolute Gasteiger partial charge is 0.238 e. The molecule has 0 spiro atoms. The summed E-state index contributed by atoms with van der Waals surface area (Å²) in [6.07, 6.45) is 0. The zero-order valence-electron chi connectivity index (χ0n) is 8.72. The number of halogens is 1. The quantitative estimate of drug-likeness (QED) is 0.885. The second kappa shape index (κ2) is 4.27. The zero-order valence-corrected chi connectivity index (χ0v) is 9.54. The topological polar surface area (TPSA) is 60.2 Å². The van der Waals surface area contributed by atoms with Gasteiger partial charge in [-0.2, -0.15) is 0 Å². The van der Waals surface area contributed by atoms with Crippen LogP contribution in [0.4, 0.5) is 4.39 Å². The third-order valence-corrected chi connectivity index (χ3v) is 3.06. The molecule has 0 aliphatic heterocycles. The van der Waals surface area contributed by atoms with Crippen molar-refractivity contribution in [3.63, 3.8) is 0 Å². The van der Waals surface area contributed by atoms with Gasteiger partial charge in [-0.1, -0.05) is 24.3 Å². The maximum absolute atomic E-state index is 13.0. The molecule has 1 radical (unpaired) electrons. The molecule has 0 saturated heterocycles. The van der Waals surface area contributed by atoms with Crippen LogP contribution in [0, 0.1) is 11.9 Å². The van der Waals surface area contributed by atoms with Gasteiger partial charge in [-0.3, -0.25) is 0 Å². The Kier molecular flexibility index (Phi) is 2.95. The van der Waals surface area contributed by atoms with Crippen LogP contribution < -0.4 is 5.14 Å². The lowest BCUT2D eigenvalue weighted by Gasteiger charge is -2.03. The van der Waals surface area contributed by atoms with E-state index in [9.17, 15) is 12.8 Å². The maximum atomic E-state index is 13.0. The van der Waals surface area contributed by atoms with E-state index in [-0.39, 0.29) is 4.90 Å². The van der Waals surface area contributed by atoms with Crippen LogP contribution in [0.2, 0.25) is 0 Å². The molecule has 0 aliphatic carbocycles. The summed E-state index contributed by atoms with van der Waals surface area (Å²) in [6, 6.07) is 13.0. The van der Waals surface area contributed by atoms with Crippen LogP contribution in [0.1, 0.15) is 0 Å². The first-order valence-electron chi connectivity index (χ1n) is 4.78. The molecule has 0 heterocycles. The zero-order chi connectivity index (χ0) is 12.5. The van der Waals surface area contributed by atoms with Gasteiger partial charge in [0.25, 0.3) is 0 Å². The van der Waals surface area contributed by atoms with Gasteiger partial charge in [0, 0.05) is 6.07 Å². The smallest absolute Gasteiger partial charge is 0.225 e. The fraction of sp³-hybridized carbons (Fsp3) is 0. The monoisotopic (exact) mass is 250 g/mol. The summed E-state index contributed by atoms with van der Waals surface area (Å²) in [4.78, 5) is -0.112. The summed E-state index contributed by atoms with van der Waals surface area (Å²) >= 11 is 0. The molecule has 0 aromatic heterocycles. The van der Waals surface area contributed by atoms with Crippen LogP contribution in [-0.2, 0) is 10.0 Å². The van der Waals surface area contributed by atoms with Gasteiger partial charge in [0.05, 0.1) is 4.90 Å². The summed E-state index contributed by atoms with van der Waals surface area (Å²) in [5, 5.41) is 5.00. The molecule has 2 N–H and O–H groups in total. The molecule has 2 aromatic rings. The second-order valence-electron chi connectivity index (χ2n) is 3.48. The third-order valence-electron chi connectivity index (χ3n) is 2.21. The van der Waals surface area contributed by atoms with Gasteiger partial charge in [-0.25, -0.2) is 17.9 Å². The molecule has 0 fully saturated rings. The van der Waals surface area contributed by atoms with Gasteiger partial charge in [-0.15, -0.1) is 0 Å². The van der Waals surface area contributed by atoms with Crippen molar-refractivity contribution in [3.05, 3.63) is 54.3 Å². The first-order chi connectivity index (χ1) is 7.97. The van der Waals surface area contributed by atoms with Gasteiger partial charge in [-0.05, 0) is 29.3 Å². The summed E-state index contributed by atoms with van der Waals surface area (Å²) in [6.45, 7) is 0. The minimum absolute atomic E-state index is 0.112. The predicted molar refractivity (Wildman–Crippen MR) is 62.0 cm³/mol. The lowest BCUT2D eigenvalue weighted by atomic mass is 10.1. The van der Waals surface area contributed by atoms with E-state index in [0.717, 1.165) is 0 Å². The Bertz CT molecular complexity index is 653. The standard InChI is InChI=1S/C12H9FNO2S/c13-11-5-1-3-9(7-11)10-4-2-6-12(8-10)17(14,15)16/h1-7H,(H2,14,15,16). The van der Waals surface area contributed by atoms with E-state index in [2.05, 4.69) is 6.07 Å². The second-order valence-corrected chi connectivity index (χ2v) is 5.01. The summed E-state index contributed by atoms with van der Waals surface area (Å²) in [7, 11) is -3.79. The number of benzene rings is 2. The van der Waals surface area contributed by atoms with E-state index in [0.29, 0.717) is 11.1 Å². The number of hydrogen-bond acceptors (Lipinski definition) is 2. The van der Waals surface area contributed by atoms with Gasteiger partial charge in [0.2, 0.25) is 10.0 Å². The van der Waals surface area contributed by atoms with Crippen LogP contribution >= 0.6 is 0 Å². The van der Waals surface area contributed by atoms with Crippen LogP contribution in [0.15, 0.2) is 47.4 Å². The van der Waals surface area contributed by atoms with Gasteiger partial charge in [0.15, 0.2) is 0 Å². The number of primary sulfonamides is 1. The van der Waals surface area contributed by atoms with E-state index < -0.39 is 15.8 Å². The molecule has 3 nitrogen and oxygen atoms in total. The Morgan fingerprint density at radius 2 is 1.82 bits per heavy atom. The molecule has 0 saturated carbocycles. The third kappa shape index (κ3) is 2.69. The fourth-order valence-electron chi connectivity index (χ4n) is 1.44. The van der Waals surface area contributed by atoms with Crippen molar-refractivity contribution in [2.75, 3.05) is 0 Å². The first-order valence-corrected chi connectivity index (χ1v) is 6.32. The molecule has 87 valence electrons. The fourth-order valence-corrected chi connectivity index (χ4v) is 1.96. The van der Waals surface area contributed by atoms with Crippen molar-refractivity contribution >= 4 is 10.0 Å². The molecule has 0 atom stereocenters. The normalized spacial score (nSPS) is 11.4. The molecule has 0 aliphatic rings. The van der Waals surface area contributed by atoms with Crippen molar-refractivity contribution in [3.8, 4) is 11.1 Å². The Morgan fingerprint density at radius 3 is 2.47 bits per heavy atom. The van der Waals surface area contributed by atoms with Crippen LogP contribution in [0.3, 0.4) is 0 Å². The van der Waals surface area contributed by atoms with E-state index in [1.54, 1.807) is 18.2 Å². The molecule has 2 rings (SSSR count). The average Bonchev–Trinajstić information content (AvgIpc) is 2.28. The lowest BCUT2D eigenvalue weighted by molar-refractivity contribution is 0.597. The van der Waals surface area contributed by atoms with Gasteiger partial charge >= 0.3 is 0 Å². The highest BCUT2D eigenvalue weighted by Gasteiger charge is 2.09. The molecular formula is C12H9FNO2S. The lowest BCUT2D eigenvalue weighted by Crippen LogP contribution is -2.12. The average molecular weight is 250 g/mol. The summed E-state index contributed by atoms with van der Waals surface area (Å²) in [5.41, 5.74) is 1.03. The van der Waals surface area contributed by atoms with Crippen molar-refractivity contribution in [1.82, 2.24) is 0 Å². The van der Waals surface area contributed by atoms with E-state index in [1.807, 2.05) is 0 Å². The SMILES string of the molecule is NS(=O)(=O)c1[c]c(-c2cccc(F)c2)ccc1. The highest BCUT2D eigenvalue weighted by atomic mass is 32.2. The molecular weight excluding hydrogens is 241 g/mol. The number of hydrogen-bond donors (Lipinski definition) is 1. The predicted octanol–water partition coefficient (Wildman–Crippen LogP) is 1.94. The van der Waals surface area contributed by atoms with E-state index in [1.165, 1.54) is 24.3 Å². The molecule has 0 bridgehead atoms.